The Hall–Kier alpha value is -0.600. The fourth-order valence-electron chi connectivity index (χ4n) is 2.30. The highest BCUT2D eigenvalue weighted by molar-refractivity contribution is 5.27. The van der Waals surface area contributed by atoms with Crippen LogP contribution in [0.1, 0.15) is 19.3 Å². The SMILES string of the molecule is CN1CCC(C2=CCC(N)C=C2)CC1. The van der Waals surface area contributed by atoms with Crippen molar-refractivity contribution < 1.29 is 0 Å². The Balaban J connectivity index is 1.93. The van der Waals surface area contributed by atoms with Gasteiger partial charge in [0.05, 0.1) is 0 Å². The second-order valence-corrected chi connectivity index (χ2v) is 4.54. The van der Waals surface area contributed by atoms with Crippen LogP contribution in [0.5, 0.6) is 0 Å². The summed E-state index contributed by atoms with van der Waals surface area (Å²) in [6.45, 7) is 2.48. The summed E-state index contributed by atoms with van der Waals surface area (Å²) in [6, 6.07) is 0.255. The van der Waals surface area contributed by atoms with Gasteiger partial charge in [0, 0.05) is 6.04 Å². The van der Waals surface area contributed by atoms with Gasteiger partial charge < -0.3 is 10.6 Å². The summed E-state index contributed by atoms with van der Waals surface area (Å²) in [5.74, 6) is 0.787. The predicted molar refractivity (Wildman–Crippen MR) is 60.0 cm³/mol. The van der Waals surface area contributed by atoms with Crippen molar-refractivity contribution in [3.8, 4) is 0 Å². The smallest absolute Gasteiger partial charge is 0.0262 e. The van der Waals surface area contributed by atoms with E-state index in [-0.39, 0.29) is 6.04 Å². The fraction of sp³-hybridized carbons (Fsp3) is 0.667. The maximum Gasteiger partial charge on any atom is 0.0262 e. The highest BCUT2D eigenvalue weighted by atomic mass is 15.1. The van der Waals surface area contributed by atoms with Crippen LogP contribution in [0.3, 0.4) is 0 Å². The molecule has 1 aliphatic carbocycles. The van der Waals surface area contributed by atoms with E-state index in [0.29, 0.717) is 0 Å². The van der Waals surface area contributed by atoms with E-state index in [1.165, 1.54) is 31.5 Å². The molecule has 0 saturated carbocycles. The third kappa shape index (κ3) is 2.25. The molecule has 1 saturated heterocycles. The van der Waals surface area contributed by atoms with Gasteiger partial charge in [0.25, 0.3) is 0 Å². The van der Waals surface area contributed by atoms with Crippen molar-refractivity contribution in [2.24, 2.45) is 11.7 Å². The lowest BCUT2D eigenvalue weighted by atomic mass is 9.86. The van der Waals surface area contributed by atoms with Gasteiger partial charge in [-0.1, -0.05) is 18.2 Å². The molecule has 2 heteroatoms. The molecule has 0 amide bonds. The molecule has 1 atom stereocenters. The Morgan fingerprint density at radius 3 is 2.64 bits per heavy atom. The molecule has 0 radical (unpaired) electrons. The number of likely N-dealkylation sites (tertiary alicyclic amines) is 1. The Labute approximate surface area is 86.5 Å². The Kier molecular flexibility index (Phi) is 3.04. The molecule has 1 unspecified atom stereocenters. The minimum absolute atomic E-state index is 0.255. The molecule has 1 fully saturated rings. The first-order valence-electron chi connectivity index (χ1n) is 5.58. The van der Waals surface area contributed by atoms with Crippen LogP contribution in [0.15, 0.2) is 23.8 Å². The van der Waals surface area contributed by atoms with Gasteiger partial charge in [0.2, 0.25) is 0 Å². The van der Waals surface area contributed by atoms with E-state index in [1.807, 2.05) is 0 Å². The minimum Gasteiger partial charge on any atom is -0.324 e. The maximum atomic E-state index is 5.81. The average molecular weight is 192 g/mol. The molecule has 1 aliphatic heterocycles. The Morgan fingerprint density at radius 1 is 1.36 bits per heavy atom. The van der Waals surface area contributed by atoms with Gasteiger partial charge in [-0.15, -0.1) is 0 Å². The maximum absolute atomic E-state index is 5.81. The summed E-state index contributed by atoms with van der Waals surface area (Å²) in [4.78, 5) is 2.41. The van der Waals surface area contributed by atoms with Crippen molar-refractivity contribution >= 4 is 0 Å². The second-order valence-electron chi connectivity index (χ2n) is 4.54. The molecular formula is C12H20N2. The number of nitrogens with zero attached hydrogens (tertiary/aromatic N) is 1. The molecule has 2 rings (SSSR count). The zero-order valence-electron chi connectivity index (χ0n) is 8.95. The van der Waals surface area contributed by atoms with Crippen LogP contribution in [-0.2, 0) is 0 Å². The van der Waals surface area contributed by atoms with E-state index in [0.717, 1.165) is 12.3 Å². The number of hydrogen-bond donors (Lipinski definition) is 1. The third-order valence-electron chi connectivity index (χ3n) is 3.35. The largest absolute Gasteiger partial charge is 0.324 e. The summed E-state index contributed by atoms with van der Waals surface area (Å²) >= 11 is 0. The van der Waals surface area contributed by atoms with E-state index >= 15 is 0 Å². The minimum atomic E-state index is 0.255. The molecule has 78 valence electrons. The summed E-state index contributed by atoms with van der Waals surface area (Å²) in [6.07, 6.45) is 10.4. The number of hydrogen-bond acceptors (Lipinski definition) is 2. The third-order valence-corrected chi connectivity index (χ3v) is 3.35. The number of allylic oxidation sites excluding steroid dienone is 2. The standard InChI is InChI=1S/C12H20N2/c1-14-8-6-11(7-9-14)10-2-4-12(13)5-3-10/h2-4,11-12H,5-9,13H2,1H3. The topological polar surface area (TPSA) is 29.3 Å². The molecule has 14 heavy (non-hydrogen) atoms. The van der Waals surface area contributed by atoms with Crippen LogP contribution in [0.2, 0.25) is 0 Å². The van der Waals surface area contributed by atoms with Gasteiger partial charge in [-0.3, -0.25) is 0 Å². The van der Waals surface area contributed by atoms with Crippen LogP contribution < -0.4 is 5.73 Å². The zero-order valence-corrected chi connectivity index (χ0v) is 8.95. The lowest BCUT2D eigenvalue weighted by Crippen LogP contribution is -2.31. The number of nitrogens with two attached hydrogens (primary N) is 1. The second kappa shape index (κ2) is 4.28. The van der Waals surface area contributed by atoms with Crippen LogP contribution in [0.25, 0.3) is 0 Å². The van der Waals surface area contributed by atoms with Crippen molar-refractivity contribution in [1.82, 2.24) is 4.90 Å². The quantitative estimate of drug-likeness (QED) is 0.683. The predicted octanol–water partition coefficient (Wildman–Crippen LogP) is 1.54. The number of rotatable bonds is 1. The van der Waals surface area contributed by atoms with E-state index in [4.69, 9.17) is 5.73 Å². The lowest BCUT2D eigenvalue weighted by molar-refractivity contribution is 0.239. The molecule has 2 aliphatic rings. The average Bonchev–Trinajstić information content (AvgIpc) is 2.21. The van der Waals surface area contributed by atoms with Crippen LogP contribution in [0.4, 0.5) is 0 Å². The monoisotopic (exact) mass is 192 g/mol. The summed E-state index contributed by atoms with van der Waals surface area (Å²) in [5.41, 5.74) is 7.34. The summed E-state index contributed by atoms with van der Waals surface area (Å²) < 4.78 is 0. The van der Waals surface area contributed by atoms with Crippen molar-refractivity contribution in [3.63, 3.8) is 0 Å². The molecule has 2 nitrogen and oxygen atoms in total. The van der Waals surface area contributed by atoms with E-state index in [2.05, 4.69) is 30.2 Å². The normalized spacial score (nSPS) is 30.4. The first-order chi connectivity index (χ1) is 6.75. The van der Waals surface area contributed by atoms with Crippen molar-refractivity contribution in [3.05, 3.63) is 23.8 Å². The van der Waals surface area contributed by atoms with Gasteiger partial charge in [-0.2, -0.15) is 0 Å². The molecule has 0 aromatic rings. The highest BCUT2D eigenvalue weighted by Crippen LogP contribution is 2.27. The van der Waals surface area contributed by atoms with Crippen molar-refractivity contribution in [1.29, 1.82) is 0 Å². The lowest BCUT2D eigenvalue weighted by Gasteiger charge is -2.30. The van der Waals surface area contributed by atoms with Crippen molar-refractivity contribution in [2.45, 2.75) is 25.3 Å². The first-order valence-corrected chi connectivity index (χ1v) is 5.58. The van der Waals surface area contributed by atoms with Crippen LogP contribution in [0, 0.1) is 5.92 Å². The Morgan fingerprint density at radius 2 is 2.07 bits per heavy atom. The van der Waals surface area contributed by atoms with E-state index < -0.39 is 0 Å². The van der Waals surface area contributed by atoms with Gasteiger partial charge in [-0.25, -0.2) is 0 Å². The molecular weight excluding hydrogens is 172 g/mol. The van der Waals surface area contributed by atoms with Gasteiger partial charge >= 0.3 is 0 Å². The zero-order chi connectivity index (χ0) is 9.97. The van der Waals surface area contributed by atoms with Gasteiger partial charge in [-0.05, 0) is 50.9 Å². The molecule has 0 bridgehead atoms. The first kappa shape index (κ1) is 9.94. The summed E-state index contributed by atoms with van der Waals surface area (Å²) in [5, 5.41) is 0. The molecule has 0 spiro atoms. The van der Waals surface area contributed by atoms with Crippen LogP contribution >= 0.6 is 0 Å². The highest BCUT2D eigenvalue weighted by Gasteiger charge is 2.20. The van der Waals surface area contributed by atoms with Gasteiger partial charge in [0.15, 0.2) is 0 Å². The van der Waals surface area contributed by atoms with E-state index in [9.17, 15) is 0 Å². The van der Waals surface area contributed by atoms with E-state index in [1.54, 1.807) is 0 Å². The molecule has 0 aromatic heterocycles. The summed E-state index contributed by atoms with van der Waals surface area (Å²) in [7, 11) is 2.21. The van der Waals surface area contributed by atoms with Gasteiger partial charge in [0.1, 0.15) is 0 Å². The molecule has 1 heterocycles. The Bertz CT molecular complexity index is 247. The van der Waals surface area contributed by atoms with Crippen molar-refractivity contribution in [2.75, 3.05) is 20.1 Å². The molecule has 2 N–H and O–H groups in total. The fourth-order valence-corrected chi connectivity index (χ4v) is 2.30. The number of piperidine rings is 1. The molecule has 0 aromatic carbocycles. The van der Waals surface area contributed by atoms with Crippen LogP contribution in [-0.4, -0.2) is 31.1 Å².